The molecule has 158 valence electrons. The number of non-ortho nitro benzene ring substituents is 1. The number of ketones is 1. The number of Topliss-reactive ketones (excluding diaryl/α,β-unsaturated/α-hetero) is 1. The minimum atomic E-state index is -1.34. The highest BCUT2D eigenvalue weighted by molar-refractivity contribution is 9.10. The smallest absolute Gasteiger partial charge is 0.326 e. The molecular formula is C21H15BrN2O7. The number of amides is 1. The van der Waals surface area contributed by atoms with Gasteiger partial charge in [-0.15, -0.1) is 0 Å². The molecule has 1 N–H and O–H groups in total. The summed E-state index contributed by atoms with van der Waals surface area (Å²) in [4.78, 5) is 47.6. The minimum Gasteiger partial charge on any atom is -0.448 e. The number of nitro groups is 1. The highest BCUT2D eigenvalue weighted by Crippen LogP contribution is 2.25. The molecule has 1 unspecified atom stereocenters. The Morgan fingerprint density at radius 1 is 1.03 bits per heavy atom. The van der Waals surface area contributed by atoms with E-state index in [2.05, 4.69) is 21.2 Å². The average Bonchev–Trinajstić information content (AvgIpc) is 3.22. The Hall–Kier alpha value is -3.79. The van der Waals surface area contributed by atoms with Gasteiger partial charge in [-0.2, -0.15) is 0 Å². The van der Waals surface area contributed by atoms with Gasteiger partial charge in [-0.1, -0.05) is 30.3 Å². The summed E-state index contributed by atoms with van der Waals surface area (Å²) in [6.45, 7) is -0.511. The normalized spacial score (nSPS) is 11.4. The van der Waals surface area contributed by atoms with Crippen LogP contribution in [0.5, 0.6) is 0 Å². The molecular weight excluding hydrogens is 472 g/mol. The van der Waals surface area contributed by atoms with Gasteiger partial charge >= 0.3 is 5.97 Å². The molecule has 3 rings (SSSR count). The quantitative estimate of drug-likeness (QED) is 0.221. The Labute approximate surface area is 184 Å². The van der Waals surface area contributed by atoms with E-state index in [1.54, 1.807) is 30.3 Å². The second-order valence-corrected chi connectivity index (χ2v) is 7.02. The number of furan rings is 1. The molecule has 3 aromatic rings. The van der Waals surface area contributed by atoms with Gasteiger partial charge in [0.2, 0.25) is 5.78 Å². The molecule has 0 bridgehead atoms. The van der Waals surface area contributed by atoms with Crippen molar-refractivity contribution >= 4 is 39.3 Å². The van der Waals surface area contributed by atoms with Gasteiger partial charge in [-0.25, -0.2) is 0 Å². The second kappa shape index (κ2) is 9.81. The standard InChI is InChI=1S/C21H15BrN2O7/c22-17-11-10-16(30-17)21(27)23-12-18(25)31-20(19(26)13-4-2-1-3-5-13)14-6-8-15(9-7-14)24(28)29/h1-11,20H,12H2,(H,23,27). The van der Waals surface area contributed by atoms with E-state index in [4.69, 9.17) is 9.15 Å². The zero-order valence-electron chi connectivity index (χ0n) is 15.8. The van der Waals surface area contributed by atoms with Gasteiger partial charge in [0, 0.05) is 23.3 Å². The number of carbonyl (C=O) groups excluding carboxylic acids is 3. The maximum atomic E-state index is 12.9. The molecule has 1 aromatic heterocycles. The number of hydrogen-bond donors (Lipinski definition) is 1. The van der Waals surface area contributed by atoms with Crippen LogP contribution in [-0.2, 0) is 9.53 Å². The lowest BCUT2D eigenvalue weighted by Crippen LogP contribution is -2.32. The number of ether oxygens (including phenoxy) is 1. The Morgan fingerprint density at radius 2 is 1.71 bits per heavy atom. The molecule has 2 aromatic carbocycles. The van der Waals surface area contributed by atoms with E-state index in [0.29, 0.717) is 10.2 Å². The van der Waals surface area contributed by atoms with Crippen LogP contribution >= 0.6 is 15.9 Å². The predicted octanol–water partition coefficient (Wildman–Crippen LogP) is 3.85. The third-order valence-corrected chi connectivity index (χ3v) is 4.57. The minimum absolute atomic E-state index is 0.00745. The predicted molar refractivity (Wildman–Crippen MR) is 111 cm³/mol. The summed E-state index contributed by atoms with van der Waals surface area (Å²) in [6.07, 6.45) is -1.34. The fraction of sp³-hybridized carbons (Fsp3) is 0.0952. The van der Waals surface area contributed by atoms with E-state index in [1.807, 2.05) is 0 Å². The third kappa shape index (κ3) is 5.64. The van der Waals surface area contributed by atoms with Gasteiger partial charge in [0.05, 0.1) is 4.92 Å². The van der Waals surface area contributed by atoms with Gasteiger partial charge in [0.25, 0.3) is 11.6 Å². The first-order valence-corrected chi connectivity index (χ1v) is 9.71. The number of rotatable bonds is 8. The largest absolute Gasteiger partial charge is 0.448 e. The fourth-order valence-corrected chi connectivity index (χ4v) is 2.95. The van der Waals surface area contributed by atoms with Crippen LogP contribution in [0.15, 0.2) is 75.8 Å². The van der Waals surface area contributed by atoms with Crippen molar-refractivity contribution in [2.75, 3.05) is 6.54 Å². The lowest BCUT2D eigenvalue weighted by Gasteiger charge is -2.17. The van der Waals surface area contributed by atoms with Crippen molar-refractivity contribution in [3.63, 3.8) is 0 Å². The molecule has 0 fully saturated rings. The number of hydrogen-bond acceptors (Lipinski definition) is 7. The van der Waals surface area contributed by atoms with Gasteiger partial charge in [-0.05, 0) is 40.2 Å². The Kier molecular flexibility index (Phi) is 6.93. The maximum Gasteiger partial charge on any atom is 0.326 e. The average molecular weight is 487 g/mol. The Morgan fingerprint density at radius 3 is 2.29 bits per heavy atom. The van der Waals surface area contributed by atoms with Crippen LogP contribution in [0.1, 0.15) is 32.6 Å². The highest BCUT2D eigenvalue weighted by atomic mass is 79.9. The van der Waals surface area contributed by atoms with Crippen LogP contribution in [0, 0.1) is 10.1 Å². The molecule has 0 aliphatic heterocycles. The summed E-state index contributed by atoms with van der Waals surface area (Å²) in [6, 6.07) is 16.2. The zero-order chi connectivity index (χ0) is 22.4. The van der Waals surface area contributed by atoms with Crippen LogP contribution < -0.4 is 5.32 Å². The van der Waals surface area contributed by atoms with Crippen molar-refractivity contribution < 1.29 is 28.5 Å². The van der Waals surface area contributed by atoms with Crippen LogP contribution in [0.3, 0.4) is 0 Å². The summed E-state index contributed by atoms with van der Waals surface area (Å²) in [5.41, 5.74) is 0.384. The first-order valence-electron chi connectivity index (χ1n) is 8.92. The summed E-state index contributed by atoms with van der Waals surface area (Å²) in [5, 5.41) is 13.2. The maximum absolute atomic E-state index is 12.9. The Bertz CT molecular complexity index is 1110. The number of carbonyl (C=O) groups is 3. The molecule has 0 aliphatic carbocycles. The molecule has 1 amide bonds. The number of nitro benzene ring substituents is 1. The van der Waals surface area contributed by atoms with E-state index in [9.17, 15) is 24.5 Å². The summed E-state index contributed by atoms with van der Waals surface area (Å²) in [7, 11) is 0. The van der Waals surface area contributed by atoms with Crippen molar-refractivity contribution in [1.82, 2.24) is 5.32 Å². The monoisotopic (exact) mass is 486 g/mol. The SMILES string of the molecule is O=C(CNC(=O)c1ccc(Br)o1)OC(C(=O)c1ccccc1)c1ccc([N+](=O)[O-])cc1. The molecule has 0 saturated carbocycles. The van der Waals surface area contributed by atoms with Crippen molar-refractivity contribution in [3.8, 4) is 0 Å². The number of nitrogens with one attached hydrogen (secondary N) is 1. The van der Waals surface area contributed by atoms with Crippen molar-refractivity contribution in [2.45, 2.75) is 6.10 Å². The van der Waals surface area contributed by atoms with E-state index in [0.717, 1.165) is 0 Å². The molecule has 0 saturated heterocycles. The molecule has 0 radical (unpaired) electrons. The molecule has 1 heterocycles. The van der Waals surface area contributed by atoms with Gasteiger partial charge in [0.15, 0.2) is 16.5 Å². The lowest BCUT2D eigenvalue weighted by atomic mass is 9.99. The molecule has 9 nitrogen and oxygen atoms in total. The fourth-order valence-electron chi connectivity index (χ4n) is 2.65. The van der Waals surface area contributed by atoms with E-state index in [-0.39, 0.29) is 17.0 Å². The molecule has 31 heavy (non-hydrogen) atoms. The van der Waals surface area contributed by atoms with Crippen LogP contribution in [-0.4, -0.2) is 29.1 Å². The van der Waals surface area contributed by atoms with Gasteiger partial charge < -0.3 is 14.5 Å². The van der Waals surface area contributed by atoms with E-state index in [1.165, 1.54) is 36.4 Å². The zero-order valence-corrected chi connectivity index (χ0v) is 17.4. The molecule has 10 heteroatoms. The summed E-state index contributed by atoms with van der Waals surface area (Å²) in [5.74, 6) is -2.02. The highest BCUT2D eigenvalue weighted by Gasteiger charge is 2.27. The van der Waals surface area contributed by atoms with Gasteiger partial charge in [-0.3, -0.25) is 24.5 Å². The molecule has 0 aliphatic rings. The van der Waals surface area contributed by atoms with Crippen molar-refractivity contribution in [2.24, 2.45) is 0 Å². The topological polar surface area (TPSA) is 129 Å². The first-order chi connectivity index (χ1) is 14.8. The van der Waals surface area contributed by atoms with E-state index >= 15 is 0 Å². The van der Waals surface area contributed by atoms with Crippen molar-refractivity contribution in [3.05, 3.63) is 98.4 Å². The number of esters is 1. The summed E-state index contributed by atoms with van der Waals surface area (Å²) >= 11 is 3.07. The molecule has 0 spiro atoms. The third-order valence-electron chi connectivity index (χ3n) is 4.14. The number of benzene rings is 2. The number of nitrogens with zero attached hydrogens (tertiary/aromatic N) is 1. The summed E-state index contributed by atoms with van der Waals surface area (Å²) < 4.78 is 10.8. The van der Waals surface area contributed by atoms with Gasteiger partial charge in [0.1, 0.15) is 6.54 Å². The number of halogens is 1. The van der Waals surface area contributed by atoms with Crippen LogP contribution in [0.25, 0.3) is 0 Å². The lowest BCUT2D eigenvalue weighted by molar-refractivity contribution is -0.384. The Balaban J connectivity index is 1.75. The van der Waals surface area contributed by atoms with Crippen LogP contribution in [0.2, 0.25) is 0 Å². The van der Waals surface area contributed by atoms with Crippen molar-refractivity contribution in [1.29, 1.82) is 0 Å². The second-order valence-electron chi connectivity index (χ2n) is 6.24. The van der Waals surface area contributed by atoms with Crippen LogP contribution in [0.4, 0.5) is 5.69 Å². The van der Waals surface area contributed by atoms with E-state index < -0.39 is 35.2 Å². The first kappa shape index (κ1) is 21.9. The molecule has 1 atom stereocenters.